The van der Waals surface area contributed by atoms with Gasteiger partial charge in [0.15, 0.2) is 0 Å². The molecule has 0 saturated carbocycles. The van der Waals surface area contributed by atoms with Gasteiger partial charge in [-0.25, -0.2) is 0 Å². The third kappa shape index (κ3) is 1.21. The summed E-state index contributed by atoms with van der Waals surface area (Å²) in [6.07, 6.45) is 0. The number of para-hydroxylation sites is 2. The molecule has 0 spiro atoms. The monoisotopic (exact) mass is 208 g/mol. The normalized spacial score (nSPS) is 33.9. The lowest BCUT2D eigenvalue weighted by molar-refractivity contribution is 0.686. The van der Waals surface area contributed by atoms with Gasteiger partial charge in [0.2, 0.25) is 0 Å². The Hall–Kier alpha value is -1.03. The zero-order valence-corrected chi connectivity index (χ0v) is 8.51. The van der Waals surface area contributed by atoms with Gasteiger partial charge in [0.1, 0.15) is 0 Å². The van der Waals surface area contributed by atoms with Crippen molar-refractivity contribution in [2.45, 2.75) is 12.1 Å². The van der Waals surface area contributed by atoms with Crippen LogP contribution in [0.5, 0.6) is 0 Å². The van der Waals surface area contributed by atoms with E-state index in [9.17, 15) is 4.21 Å². The highest BCUT2D eigenvalue weighted by atomic mass is 32.2. The van der Waals surface area contributed by atoms with Gasteiger partial charge in [0.25, 0.3) is 0 Å². The largest absolute Gasteiger partial charge is 0.378 e. The zero-order chi connectivity index (χ0) is 9.54. The first-order valence-electron chi connectivity index (χ1n) is 4.80. The molecule has 4 heteroatoms. The van der Waals surface area contributed by atoms with Crippen LogP contribution in [0.2, 0.25) is 0 Å². The summed E-state index contributed by atoms with van der Waals surface area (Å²) in [5.74, 6) is 1.54. The van der Waals surface area contributed by atoms with Crippen molar-refractivity contribution in [3.05, 3.63) is 24.3 Å². The van der Waals surface area contributed by atoms with Crippen molar-refractivity contribution in [3.8, 4) is 0 Å². The zero-order valence-electron chi connectivity index (χ0n) is 7.69. The summed E-state index contributed by atoms with van der Waals surface area (Å²) in [7, 11) is -0.656. The Kier molecular flexibility index (Phi) is 1.77. The molecule has 0 aliphatic carbocycles. The number of fused-ring (bicyclic) bond motifs is 2. The van der Waals surface area contributed by atoms with E-state index < -0.39 is 10.8 Å². The van der Waals surface area contributed by atoms with E-state index in [0.29, 0.717) is 12.1 Å². The first kappa shape index (κ1) is 8.29. The molecule has 2 aliphatic heterocycles. The fraction of sp³-hybridized carbons (Fsp3) is 0.400. The Balaban J connectivity index is 1.95. The van der Waals surface area contributed by atoms with Crippen molar-refractivity contribution in [2.75, 3.05) is 22.1 Å². The van der Waals surface area contributed by atoms with Gasteiger partial charge >= 0.3 is 0 Å². The Morgan fingerprint density at radius 2 is 1.57 bits per heavy atom. The Bertz CT molecular complexity index is 358. The summed E-state index contributed by atoms with van der Waals surface area (Å²) in [4.78, 5) is 0. The number of nitrogens with one attached hydrogen (secondary N) is 2. The lowest BCUT2D eigenvalue weighted by atomic mass is 10.1. The average molecular weight is 208 g/mol. The Morgan fingerprint density at radius 3 is 2.07 bits per heavy atom. The van der Waals surface area contributed by atoms with Crippen molar-refractivity contribution in [1.29, 1.82) is 0 Å². The molecule has 1 aromatic carbocycles. The number of rotatable bonds is 0. The van der Waals surface area contributed by atoms with E-state index in [1.807, 2.05) is 12.1 Å². The molecular formula is C10H12N2OS. The molecule has 1 fully saturated rings. The molecular weight excluding hydrogens is 196 g/mol. The van der Waals surface area contributed by atoms with Crippen LogP contribution < -0.4 is 10.6 Å². The molecule has 0 aromatic heterocycles. The van der Waals surface area contributed by atoms with Crippen molar-refractivity contribution >= 4 is 22.2 Å². The van der Waals surface area contributed by atoms with E-state index in [-0.39, 0.29) is 0 Å². The Labute approximate surface area is 85.4 Å². The van der Waals surface area contributed by atoms with E-state index in [0.717, 1.165) is 22.9 Å². The highest BCUT2D eigenvalue weighted by Crippen LogP contribution is 2.30. The number of anilines is 2. The lowest BCUT2D eigenvalue weighted by Crippen LogP contribution is -2.41. The summed E-state index contributed by atoms with van der Waals surface area (Å²) >= 11 is 0. The summed E-state index contributed by atoms with van der Waals surface area (Å²) in [6.45, 7) is 0. The van der Waals surface area contributed by atoms with Crippen LogP contribution in [0, 0.1) is 0 Å². The fourth-order valence-electron chi connectivity index (χ4n) is 2.12. The van der Waals surface area contributed by atoms with Gasteiger partial charge in [0.05, 0.1) is 23.5 Å². The maximum absolute atomic E-state index is 11.4. The predicted molar refractivity (Wildman–Crippen MR) is 59.1 cm³/mol. The topological polar surface area (TPSA) is 41.1 Å². The summed E-state index contributed by atoms with van der Waals surface area (Å²) in [6, 6.07) is 8.82. The molecule has 0 amide bonds. The molecule has 14 heavy (non-hydrogen) atoms. The van der Waals surface area contributed by atoms with Crippen LogP contribution in [0.25, 0.3) is 0 Å². The SMILES string of the molecule is O=S1CC2Nc3ccccc3NC2C1. The van der Waals surface area contributed by atoms with Crippen molar-refractivity contribution in [1.82, 2.24) is 0 Å². The maximum Gasteiger partial charge on any atom is 0.0587 e. The minimum atomic E-state index is -0.656. The fourth-order valence-corrected chi connectivity index (χ4v) is 3.69. The molecule has 2 unspecified atom stereocenters. The average Bonchev–Trinajstić information content (AvgIpc) is 2.53. The standard InChI is InChI=1S/C10H12N2OS/c13-14-5-9-10(6-14)12-8-4-2-1-3-7(8)11-9/h1-4,9-12H,5-6H2. The van der Waals surface area contributed by atoms with Gasteiger partial charge in [0, 0.05) is 22.3 Å². The number of hydrogen-bond acceptors (Lipinski definition) is 3. The first-order valence-corrected chi connectivity index (χ1v) is 6.29. The maximum atomic E-state index is 11.4. The summed E-state index contributed by atoms with van der Waals surface area (Å²) in [5, 5.41) is 6.87. The molecule has 1 aromatic rings. The molecule has 0 bridgehead atoms. The molecule has 2 aliphatic rings. The summed E-state index contributed by atoms with van der Waals surface area (Å²) in [5.41, 5.74) is 2.26. The van der Waals surface area contributed by atoms with Crippen LogP contribution in [-0.2, 0) is 10.8 Å². The van der Waals surface area contributed by atoms with Crippen molar-refractivity contribution < 1.29 is 4.21 Å². The van der Waals surface area contributed by atoms with Gasteiger partial charge in [-0.05, 0) is 12.1 Å². The van der Waals surface area contributed by atoms with Crippen molar-refractivity contribution in [3.63, 3.8) is 0 Å². The first-order chi connectivity index (χ1) is 6.83. The number of benzene rings is 1. The molecule has 2 heterocycles. The van der Waals surface area contributed by atoms with E-state index in [4.69, 9.17) is 0 Å². The summed E-state index contributed by atoms with van der Waals surface area (Å²) < 4.78 is 11.4. The highest BCUT2D eigenvalue weighted by molar-refractivity contribution is 7.85. The molecule has 2 N–H and O–H groups in total. The lowest BCUT2D eigenvalue weighted by Gasteiger charge is -2.30. The third-order valence-corrected chi connectivity index (χ3v) is 4.29. The molecule has 0 radical (unpaired) electrons. The molecule has 3 rings (SSSR count). The molecule has 1 saturated heterocycles. The van der Waals surface area contributed by atoms with Crippen LogP contribution in [0.4, 0.5) is 11.4 Å². The number of hydrogen-bond donors (Lipinski definition) is 2. The van der Waals surface area contributed by atoms with E-state index in [1.165, 1.54) is 0 Å². The molecule has 74 valence electrons. The van der Waals surface area contributed by atoms with Gasteiger partial charge in [-0.1, -0.05) is 12.1 Å². The minimum absolute atomic E-state index is 0.339. The van der Waals surface area contributed by atoms with E-state index >= 15 is 0 Å². The van der Waals surface area contributed by atoms with Gasteiger partial charge < -0.3 is 10.6 Å². The van der Waals surface area contributed by atoms with Crippen LogP contribution >= 0.6 is 0 Å². The second kappa shape index (κ2) is 2.98. The van der Waals surface area contributed by atoms with Crippen LogP contribution in [0.15, 0.2) is 24.3 Å². The van der Waals surface area contributed by atoms with Gasteiger partial charge in [-0.15, -0.1) is 0 Å². The Morgan fingerprint density at radius 1 is 1.07 bits per heavy atom. The smallest absolute Gasteiger partial charge is 0.0587 e. The third-order valence-electron chi connectivity index (χ3n) is 2.83. The van der Waals surface area contributed by atoms with E-state index in [1.54, 1.807) is 0 Å². The molecule has 2 atom stereocenters. The van der Waals surface area contributed by atoms with Crippen molar-refractivity contribution in [2.24, 2.45) is 0 Å². The molecule has 3 nitrogen and oxygen atoms in total. The van der Waals surface area contributed by atoms with E-state index in [2.05, 4.69) is 22.8 Å². The van der Waals surface area contributed by atoms with Crippen LogP contribution in [0.1, 0.15) is 0 Å². The van der Waals surface area contributed by atoms with Crippen LogP contribution in [0.3, 0.4) is 0 Å². The second-order valence-electron chi connectivity index (χ2n) is 3.82. The van der Waals surface area contributed by atoms with Gasteiger partial charge in [-0.3, -0.25) is 4.21 Å². The van der Waals surface area contributed by atoms with Crippen LogP contribution in [-0.4, -0.2) is 27.8 Å². The predicted octanol–water partition coefficient (Wildman–Crippen LogP) is 1.02. The second-order valence-corrected chi connectivity index (χ2v) is 5.37. The quantitative estimate of drug-likeness (QED) is 0.669. The minimum Gasteiger partial charge on any atom is -0.378 e. The van der Waals surface area contributed by atoms with Gasteiger partial charge in [-0.2, -0.15) is 0 Å². The highest BCUT2D eigenvalue weighted by Gasteiger charge is 2.35.